The summed E-state index contributed by atoms with van der Waals surface area (Å²) in [5.41, 5.74) is 1.54. The molecule has 0 aliphatic heterocycles. The first-order chi connectivity index (χ1) is 13.6. The number of carbonyl (C=O) groups excluding carboxylic acids is 2. The molecule has 0 amide bonds. The lowest BCUT2D eigenvalue weighted by molar-refractivity contribution is -0.156. The third-order valence-corrected chi connectivity index (χ3v) is 9.67. The first kappa shape index (κ1) is 19.1. The normalized spacial score (nSPS) is 45.4. The van der Waals surface area contributed by atoms with Gasteiger partial charge in [-0.15, -0.1) is 0 Å². The number of fused-ring (bicyclic) bond motifs is 5. The Morgan fingerprint density at radius 3 is 2.52 bits per heavy atom. The monoisotopic (exact) mass is 392 g/mol. The van der Waals surface area contributed by atoms with Gasteiger partial charge in [-0.25, -0.2) is 0 Å². The molecule has 2 saturated carbocycles. The Morgan fingerprint density at radius 1 is 1.07 bits per heavy atom. The molecular weight excluding hydrogens is 360 g/mol. The lowest BCUT2D eigenvalue weighted by atomic mass is 9.39. The van der Waals surface area contributed by atoms with Crippen molar-refractivity contribution in [2.45, 2.75) is 66.2 Å². The van der Waals surface area contributed by atoms with E-state index in [0.717, 1.165) is 19.3 Å². The number of rotatable bonds is 1. The van der Waals surface area contributed by atoms with Gasteiger partial charge in [0.25, 0.3) is 0 Å². The molecule has 0 aromatic carbocycles. The van der Waals surface area contributed by atoms with E-state index >= 15 is 0 Å². The molecule has 154 valence electrons. The van der Waals surface area contributed by atoms with Crippen molar-refractivity contribution >= 4 is 11.6 Å². The third-order valence-electron chi connectivity index (χ3n) is 9.67. The molecule has 3 heteroatoms. The number of carbonyl (C=O) groups is 2. The molecule has 1 aromatic rings. The minimum atomic E-state index is -0.482. The van der Waals surface area contributed by atoms with Crippen LogP contribution in [0.1, 0.15) is 71.8 Å². The Balaban J connectivity index is 1.61. The molecule has 5 rings (SSSR count). The van der Waals surface area contributed by atoms with Crippen molar-refractivity contribution in [1.82, 2.24) is 0 Å². The fraction of sp³-hybridized carbons (Fsp3) is 0.615. The lowest BCUT2D eigenvalue weighted by Crippen LogP contribution is -2.62. The van der Waals surface area contributed by atoms with E-state index in [1.54, 1.807) is 12.3 Å². The molecule has 0 unspecified atom stereocenters. The summed E-state index contributed by atoms with van der Waals surface area (Å²) in [6.07, 6.45) is 13.5. The van der Waals surface area contributed by atoms with Gasteiger partial charge >= 0.3 is 0 Å². The lowest BCUT2D eigenvalue weighted by Gasteiger charge is -2.63. The Morgan fingerprint density at radius 2 is 1.83 bits per heavy atom. The molecule has 0 bridgehead atoms. The highest BCUT2D eigenvalue weighted by molar-refractivity contribution is 5.98. The van der Waals surface area contributed by atoms with E-state index < -0.39 is 10.8 Å². The van der Waals surface area contributed by atoms with Crippen LogP contribution in [0.3, 0.4) is 0 Å². The van der Waals surface area contributed by atoms with E-state index in [-0.39, 0.29) is 28.4 Å². The number of ketones is 2. The summed E-state index contributed by atoms with van der Waals surface area (Å²) in [6.45, 7) is 10.9. The average molecular weight is 393 g/mol. The third kappa shape index (κ3) is 2.14. The summed E-state index contributed by atoms with van der Waals surface area (Å²) in [4.78, 5) is 26.5. The molecule has 2 fully saturated rings. The minimum absolute atomic E-state index is 0.00228. The van der Waals surface area contributed by atoms with Crippen molar-refractivity contribution in [3.05, 3.63) is 48.0 Å². The van der Waals surface area contributed by atoms with Crippen molar-refractivity contribution < 1.29 is 14.0 Å². The van der Waals surface area contributed by atoms with Crippen molar-refractivity contribution in [2.75, 3.05) is 0 Å². The second kappa shape index (κ2) is 5.62. The summed E-state index contributed by atoms with van der Waals surface area (Å²) in [5, 5.41) is 0. The largest absolute Gasteiger partial charge is 0.472 e. The van der Waals surface area contributed by atoms with Crippen LogP contribution in [0.25, 0.3) is 0 Å². The summed E-state index contributed by atoms with van der Waals surface area (Å²) in [6, 6.07) is 2.08. The van der Waals surface area contributed by atoms with Crippen molar-refractivity contribution in [1.29, 1.82) is 0 Å². The van der Waals surface area contributed by atoms with Crippen LogP contribution in [0.4, 0.5) is 0 Å². The highest BCUT2D eigenvalue weighted by Crippen LogP contribution is 2.71. The number of allylic oxidation sites excluding steroid dienone is 4. The van der Waals surface area contributed by atoms with E-state index in [1.807, 2.05) is 20.1 Å². The van der Waals surface area contributed by atoms with E-state index in [9.17, 15) is 9.59 Å². The Hall–Kier alpha value is -1.90. The molecular formula is C26H32O3. The minimum Gasteiger partial charge on any atom is -0.472 e. The Kier molecular flexibility index (Phi) is 3.70. The number of hydrogen-bond donors (Lipinski definition) is 0. The zero-order valence-corrected chi connectivity index (χ0v) is 18.2. The van der Waals surface area contributed by atoms with Gasteiger partial charge in [0.15, 0.2) is 5.78 Å². The fourth-order valence-electron chi connectivity index (χ4n) is 7.97. The van der Waals surface area contributed by atoms with Crippen LogP contribution in [0.2, 0.25) is 0 Å². The van der Waals surface area contributed by atoms with Crippen LogP contribution in [0.15, 0.2) is 46.8 Å². The van der Waals surface area contributed by atoms with Gasteiger partial charge in [-0.3, -0.25) is 9.59 Å². The summed E-state index contributed by atoms with van der Waals surface area (Å²) in [7, 11) is 0. The maximum Gasteiger partial charge on any atom is 0.161 e. The summed E-state index contributed by atoms with van der Waals surface area (Å²) >= 11 is 0. The van der Waals surface area contributed by atoms with Gasteiger partial charge in [-0.1, -0.05) is 45.4 Å². The fourth-order valence-corrected chi connectivity index (χ4v) is 7.97. The first-order valence-corrected chi connectivity index (χ1v) is 11.1. The number of furan rings is 1. The van der Waals surface area contributed by atoms with Gasteiger partial charge < -0.3 is 4.42 Å². The molecule has 1 aromatic heterocycles. The topological polar surface area (TPSA) is 47.3 Å². The highest BCUT2D eigenvalue weighted by Gasteiger charge is 2.67. The smallest absolute Gasteiger partial charge is 0.161 e. The second-order valence-electron chi connectivity index (χ2n) is 11.1. The van der Waals surface area contributed by atoms with Crippen LogP contribution in [-0.2, 0) is 9.59 Å². The predicted octanol–water partition coefficient (Wildman–Crippen LogP) is 5.88. The SMILES string of the molecule is CC1(C)C(=O)C=C[C@@]2(C)[C@H]1CC(=O)[C@@]1(C)C3=CC[C@@H](c4ccoc4)[C@]3(C)CC[C@@H]12. The zero-order chi connectivity index (χ0) is 20.8. The summed E-state index contributed by atoms with van der Waals surface area (Å²) < 4.78 is 5.39. The van der Waals surface area contributed by atoms with Crippen LogP contribution in [-0.4, -0.2) is 11.6 Å². The molecule has 29 heavy (non-hydrogen) atoms. The average Bonchev–Trinajstić information content (AvgIpc) is 3.29. The van der Waals surface area contributed by atoms with E-state index in [4.69, 9.17) is 4.42 Å². The Bertz CT molecular complexity index is 949. The van der Waals surface area contributed by atoms with Gasteiger partial charge in [-0.05, 0) is 72.5 Å². The van der Waals surface area contributed by atoms with E-state index in [1.165, 1.54) is 11.1 Å². The molecule has 0 radical (unpaired) electrons. The summed E-state index contributed by atoms with van der Waals surface area (Å²) in [5.74, 6) is 1.21. The first-order valence-electron chi connectivity index (χ1n) is 11.1. The highest BCUT2D eigenvalue weighted by atomic mass is 16.3. The molecule has 0 N–H and O–H groups in total. The molecule has 1 heterocycles. The maximum absolute atomic E-state index is 13.8. The van der Waals surface area contributed by atoms with Crippen LogP contribution in [0.5, 0.6) is 0 Å². The zero-order valence-electron chi connectivity index (χ0n) is 18.2. The number of hydrogen-bond acceptors (Lipinski definition) is 3. The predicted molar refractivity (Wildman–Crippen MR) is 112 cm³/mol. The molecule has 0 spiro atoms. The van der Waals surface area contributed by atoms with Gasteiger partial charge in [0, 0.05) is 11.8 Å². The van der Waals surface area contributed by atoms with Crippen molar-refractivity contribution in [3.63, 3.8) is 0 Å². The maximum atomic E-state index is 13.8. The molecule has 4 aliphatic carbocycles. The van der Waals surface area contributed by atoms with E-state index in [0.29, 0.717) is 18.1 Å². The Labute approximate surface area is 173 Å². The van der Waals surface area contributed by atoms with Crippen molar-refractivity contribution in [3.8, 4) is 0 Å². The van der Waals surface area contributed by atoms with Gasteiger partial charge in [0.05, 0.1) is 17.9 Å². The number of Topliss-reactive ketones (excluding diaryl/α,β-unsaturated/α-hetero) is 1. The molecule has 6 atom stereocenters. The molecule has 0 saturated heterocycles. The molecule has 4 aliphatic rings. The standard InChI is InChI=1S/C26H32O3/c1-23(2)20-14-22(28)26(5)18-7-6-17(16-10-13-29-15-16)24(18,3)11-8-19(26)25(20,4)12-9-21(23)27/h7,9-10,12-13,15,17,19-20H,6,8,11,14H2,1-5H3/t17-,19+,20-,24-,25+,26-/m0/s1. The van der Waals surface area contributed by atoms with Crippen LogP contribution < -0.4 is 0 Å². The van der Waals surface area contributed by atoms with E-state index in [2.05, 4.69) is 39.0 Å². The van der Waals surface area contributed by atoms with Gasteiger partial charge in [0.1, 0.15) is 5.78 Å². The molecule has 3 nitrogen and oxygen atoms in total. The van der Waals surface area contributed by atoms with Crippen LogP contribution in [0, 0.1) is 33.5 Å². The second-order valence-corrected chi connectivity index (χ2v) is 11.1. The van der Waals surface area contributed by atoms with Crippen LogP contribution >= 0.6 is 0 Å². The van der Waals surface area contributed by atoms with Crippen molar-refractivity contribution in [2.24, 2.45) is 33.5 Å². The quantitative estimate of drug-likeness (QED) is 0.561. The van der Waals surface area contributed by atoms with Gasteiger partial charge in [-0.2, -0.15) is 0 Å². The van der Waals surface area contributed by atoms with Gasteiger partial charge in [0.2, 0.25) is 0 Å².